The van der Waals surface area contributed by atoms with Gasteiger partial charge in [-0.2, -0.15) is 0 Å². The predicted octanol–water partition coefficient (Wildman–Crippen LogP) is 3.48. The summed E-state index contributed by atoms with van der Waals surface area (Å²) in [6.45, 7) is 16.1. The highest BCUT2D eigenvalue weighted by molar-refractivity contribution is 4.96. The molecule has 0 spiro atoms. The van der Waals surface area contributed by atoms with Crippen LogP contribution in [0.2, 0.25) is 0 Å². The zero-order chi connectivity index (χ0) is 15.9. The topological polar surface area (TPSA) is 32.5 Å². The molecule has 0 amide bonds. The van der Waals surface area contributed by atoms with E-state index in [1.165, 1.54) is 58.2 Å². The van der Waals surface area contributed by atoms with Crippen LogP contribution in [0.15, 0.2) is 0 Å². The minimum Gasteiger partial charge on any atom is -0.329 e. The highest BCUT2D eigenvalue weighted by atomic mass is 15.2. The van der Waals surface area contributed by atoms with Crippen LogP contribution >= 0.6 is 0 Å². The SMILES string of the molecule is CCCCCN(C(C)C)C1(CN)CCCN(C(C)C)CC1. The van der Waals surface area contributed by atoms with Gasteiger partial charge in [-0.15, -0.1) is 0 Å². The largest absolute Gasteiger partial charge is 0.329 e. The van der Waals surface area contributed by atoms with Gasteiger partial charge in [-0.1, -0.05) is 19.8 Å². The maximum Gasteiger partial charge on any atom is 0.0347 e. The van der Waals surface area contributed by atoms with E-state index in [1.807, 2.05) is 0 Å². The Labute approximate surface area is 133 Å². The quantitative estimate of drug-likeness (QED) is 0.696. The Morgan fingerprint density at radius 1 is 1.10 bits per heavy atom. The Morgan fingerprint density at radius 2 is 1.81 bits per heavy atom. The molecule has 0 radical (unpaired) electrons. The molecule has 21 heavy (non-hydrogen) atoms. The van der Waals surface area contributed by atoms with Crippen molar-refractivity contribution < 1.29 is 0 Å². The van der Waals surface area contributed by atoms with Gasteiger partial charge in [0.15, 0.2) is 0 Å². The molecule has 1 heterocycles. The second-order valence-electron chi connectivity index (χ2n) is 7.41. The van der Waals surface area contributed by atoms with Crippen LogP contribution in [0.4, 0.5) is 0 Å². The zero-order valence-electron chi connectivity index (χ0n) is 15.2. The molecule has 1 aliphatic rings. The zero-order valence-corrected chi connectivity index (χ0v) is 15.2. The molecule has 0 aromatic carbocycles. The third-order valence-electron chi connectivity index (χ3n) is 5.30. The molecular formula is C18H39N3. The fraction of sp³-hybridized carbons (Fsp3) is 1.00. The molecule has 1 fully saturated rings. The van der Waals surface area contributed by atoms with Gasteiger partial charge in [0.1, 0.15) is 0 Å². The molecule has 1 aliphatic heterocycles. The normalized spacial score (nSPS) is 25.0. The predicted molar refractivity (Wildman–Crippen MR) is 93.7 cm³/mol. The third-order valence-corrected chi connectivity index (χ3v) is 5.30. The molecule has 0 aromatic rings. The maximum atomic E-state index is 6.31. The Kier molecular flexibility index (Phi) is 8.22. The van der Waals surface area contributed by atoms with Crippen LogP contribution in [0.3, 0.4) is 0 Å². The third kappa shape index (κ3) is 5.22. The van der Waals surface area contributed by atoms with E-state index in [2.05, 4.69) is 44.4 Å². The summed E-state index contributed by atoms with van der Waals surface area (Å²) in [7, 11) is 0. The van der Waals surface area contributed by atoms with Crippen LogP contribution < -0.4 is 5.73 Å². The standard InChI is InChI=1S/C18H39N3/c1-6-7-8-13-21(17(4)5)18(15-19)10-9-12-20(14-11-18)16(2)3/h16-17H,6-15,19H2,1-5H3. The van der Waals surface area contributed by atoms with E-state index in [4.69, 9.17) is 5.73 Å². The van der Waals surface area contributed by atoms with E-state index in [9.17, 15) is 0 Å². The Hall–Kier alpha value is -0.120. The molecule has 0 saturated carbocycles. The first kappa shape index (κ1) is 18.9. The van der Waals surface area contributed by atoms with Crippen LogP contribution in [0, 0.1) is 0 Å². The number of nitrogens with two attached hydrogens (primary N) is 1. The molecule has 126 valence electrons. The Bertz CT molecular complexity index is 278. The smallest absolute Gasteiger partial charge is 0.0347 e. The summed E-state index contributed by atoms with van der Waals surface area (Å²) in [4.78, 5) is 5.36. The average molecular weight is 298 g/mol. The first-order valence-corrected chi connectivity index (χ1v) is 9.17. The van der Waals surface area contributed by atoms with Crippen molar-refractivity contribution >= 4 is 0 Å². The van der Waals surface area contributed by atoms with Crippen molar-refractivity contribution in [1.29, 1.82) is 0 Å². The molecule has 0 bridgehead atoms. The molecular weight excluding hydrogens is 258 g/mol. The Morgan fingerprint density at radius 3 is 2.33 bits per heavy atom. The van der Waals surface area contributed by atoms with Gasteiger partial charge in [-0.25, -0.2) is 0 Å². The molecule has 2 N–H and O–H groups in total. The number of hydrogen-bond acceptors (Lipinski definition) is 3. The summed E-state index contributed by atoms with van der Waals surface area (Å²) in [6.07, 6.45) is 7.71. The van der Waals surface area contributed by atoms with Crippen molar-refractivity contribution in [3.63, 3.8) is 0 Å². The summed E-state index contributed by atoms with van der Waals surface area (Å²) < 4.78 is 0. The molecule has 1 unspecified atom stereocenters. The summed E-state index contributed by atoms with van der Waals surface area (Å²) in [5.41, 5.74) is 6.54. The van der Waals surface area contributed by atoms with Gasteiger partial charge in [0.25, 0.3) is 0 Å². The molecule has 1 atom stereocenters. The minimum absolute atomic E-state index is 0.228. The van der Waals surface area contributed by atoms with Gasteiger partial charge in [0.05, 0.1) is 0 Å². The van der Waals surface area contributed by atoms with Crippen molar-refractivity contribution in [2.45, 2.75) is 90.8 Å². The average Bonchev–Trinajstić information content (AvgIpc) is 2.66. The van der Waals surface area contributed by atoms with Gasteiger partial charge in [0, 0.05) is 30.7 Å². The first-order valence-electron chi connectivity index (χ1n) is 9.17. The molecule has 1 rings (SSSR count). The van der Waals surface area contributed by atoms with Crippen LogP contribution in [-0.2, 0) is 0 Å². The number of nitrogens with zero attached hydrogens (tertiary/aromatic N) is 2. The van der Waals surface area contributed by atoms with Crippen molar-refractivity contribution in [1.82, 2.24) is 9.80 Å². The highest BCUT2D eigenvalue weighted by Crippen LogP contribution is 2.31. The number of hydrogen-bond donors (Lipinski definition) is 1. The summed E-state index contributed by atoms with van der Waals surface area (Å²) >= 11 is 0. The second-order valence-corrected chi connectivity index (χ2v) is 7.41. The minimum atomic E-state index is 0.228. The van der Waals surface area contributed by atoms with Gasteiger partial charge in [-0.05, 0) is 66.5 Å². The van der Waals surface area contributed by atoms with E-state index in [0.717, 1.165) is 6.54 Å². The molecule has 3 nitrogen and oxygen atoms in total. The van der Waals surface area contributed by atoms with Gasteiger partial charge in [-0.3, -0.25) is 4.90 Å². The molecule has 3 heteroatoms. The number of unbranched alkanes of at least 4 members (excludes halogenated alkanes) is 2. The van der Waals surface area contributed by atoms with Crippen LogP contribution in [0.25, 0.3) is 0 Å². The van der Waals surface area contributed by atoms with Gasteiger partial charge in [0.2, 0.25) is 0 Å². The maximum absolute atomic E-state index is 6.31. The summed E-state index contributed by atoms with van der Waals surface area (Å²) in [5, 5.41) is 0. The summed E-state index contributed by atoms with van der Waals surface area (Å²) in [5.74, 6) is 0. The molecule has 0 aromatic heterocycles. The van der Waals surface area contributed by atoms with E-state index in [0.29, 0.717) is 12.1 Å². The lowest BCUT2D eigenvalue weighted by molar-refractivity contribution is 0.0454. The fourth-order valence-corrected chi connectivity index (χ4v) is 3.90. The lowest BCUT2D eigenvalue weighted by atomic mass is 9.87. The van der Waals surface area contributed by atoms with Crippen LogP contribution in [0.5, 0.6) is 0 Å². The molecule has 0 aliphatic carbocycles. The lowest BCUT2D eigenvalue weighted by Crippen LogP contribution is -2.57. The van der Waals surface area contributed by atoms with Crippen molar-refractivity contribution in [3.05, 3.63) is 0 Å². The van der Waals surface area contributed by atoms with Crippen LogP contribution in [-0.4, -0.2) is 53.6 Å². The van der Waals surface area contributed by atoms with Gasteiger partial charge >= 0.3 is 0 Å². The van der Waals surface area contributed by atoms with E-state index >= 15 is 0 Å². The van der Waals surface area contributed by atoms with E-state index in [1.54, 1.807) is 0 Å². The number of rotatable bonds is 8. The monoisotopic (exact) mass is 297 g/mol. The van der Waals surface area contributed by atoms with Crippen molar-refractivity contribution in [2.24, 2.45) is 5.73 Å². The van der Waals surface area contributed by atoms with Crippen molar-refractivity contribution in [2.75, 3.05) is 26.2 Å². The van der Waals surface area contributed by atoms with Crippen molar-refractivity contribution in [3.8, 4) is 0 Å². The first-order chi connectivity index (χ1) is 9.96. The van der Waals surface area contributed by atoms with E-state index < -0.39 is 0 Å². The summed E-state index contributed by atoms with van der Waals surface area (Å²) in [6, 6.07) is 1.25. The molecule has 1 saturated heterocycles. The van der Waals surface area contributed by atoms with Crippen LogP contribution in [0.1, 0.15) is 73.1 Å². The van der Waals surface area contributed by atoms with Gasteiger partial charge < -0.3 is 10.6 Å². The number of likely N-dealkylation sites (tertiary alicyclic amines) is 1. The fourth-order valence-electron chi connectivity index (χ4n) is 3.90. The lowest BCUT2D eigenvalue weighted by Gasteiger charge is -2.46. The highest BCUT2D eigenvalue weighted by Gasteiger charge is 2.38. The van der Waals surface area contributed by atoms with E-state index in [-0.39, 0.29) is 5.54 Å². The Balaban J connectivity index is 2.79. The second kappa shape index (κ2) is 9.12.